The number of esters is 1. The molecule has 0 aromatic carbocycles. The Hall–Kier alpha value is -2.96. The van der Waals surface area contributed by atoms with E-state index in [0.717, 1.165) is 28.8 Å². The summed E-state index contributed by atoms with van der Waals surface area (Å²) in [7, 11) is 0. The minimum atomic E-state index is -0.514. The van der Waals surface area contributed by atoms with Crippen LogP contribution in [0.15, 0.2) is 12.1 Å². The number of amides is 1. The van der Waals surface area contributed by atoms with Gasteiger partial charge in [0.15, 0.2) is 0 Å². The maximum atomic E-state index is 12.9. The molecule has 3 heterocycles. The Morgan fingerprint density at radius 2 is 2.03 bits per heavy atom. The number of hydrogen-bond acceptors (Lipinski definition) is 8. The summed E-state index contributed by atoms with van der Waals surface area (Å²) >= 11 is 2.24. The third-order valence-electron chi connectivity index (χ3n) is 4.42. The van der Waals surface area contributed by atoms with E-state index in [9.17, 15) is 14.9 Å². The third kappa shape index (κ3) is 4.15. The van der Waals surface area contributed by atoms with E-state index in [4.69, 9.17) is 10.5 Å². The van der Waals surface area contributed by atoms with Crippen molar-refractivity contribution < 1.29 is 14.3 Å². The fourth-order valence-corrected chi connectivity index (χ4v) is 5.08. The number of rotatable bonds is 6. The van der Waals surface area contributed by atoms with Crippen molar-refractivity contribution in [2.24, 2.45) is 5.92 Å². The molecule has 0 bridgehead atoms. The Kier molecular flexibility index (Phi) is 6.39. The summed E-state index contributed by atoms with van der Waals surface area (Å²) in [6.07, 6.45) is 0.839. The Morgan fingerprint density at radius 1 is 1.30 bits per heavy atom. The molecule has 156 valence electrons. The van der Waals surface area contributed by atoms with Gasteiger partial charge in [0.05, 0.1) is 17.9 Å². The summed E-state index contributed by atoms with van der Waals surface area (Å²) < 4.78 is 5.03. The Bertz CT molecular complexity index is 1170. The van der Waals surface area contributed by atoms with Crippen molar-refractivity contribution in [3.63, 3.8) is 0 Å². The average Bonchev–Trinajstić information content (AvgIpc) is 3.18. The zero-order chi connectivity index (χ0) is 22.0. The van der Waals surface area contributed by atoms with Crippen molar-refractivity contribution in [1.82, 2.24) is 4.98 Å². The number of carbonyl (C=O) groups is 2. The van der Waals surface area contributed by atoms with Crippen molar-refractivity contribution in [2.45, 2.75) is 34.1 Å². The van der Waals surface area contributed by atoms with E-state index in [2.05, 4.69) is 30.2 Å². The molecule has 0 atom stereocenters. The summed E-state index contributed by atoms with van der Waals surface area (Å²) in [5.74, 6) is -0.482. The fraction of sp³-hybridized carbons (Fsp3) is 0.333. The highest BCUT2D eigenvalue weighted by molar-refractivity contribution is 7.21. The molecular weight excluding hydrogens is 420 g/mol. The van der Waals surface area contributed by atoms with Crippen LogP contribution in [0.2, 0.25) is 0 Å². The number of pyridine rings is 1. The number of nitrogen functional groups attached to an aromatic ring is 1. The molecule has 0 saturated carbocycles. The predicted octanol–water partition coefficient (Wildman–Crippen LogP) is 4.75. The highest BCUT2D eigenvalue weighted by Crippen LogP contribution is 2.36. The van der Waals surface area contributed by atoms with Crippen molar-refractivity contribution in [1.29, 1.82) is 5.26 Å². The van der Waals surface area contributed by atoms with Gasteiger partial charge in [-0.3, -0.25) is 4.79 Å². The second-order valence-corrected chi connectivity index (χ2v) is 9.16. The normalized spacial score (nSPS) is 10.9. The minimum Gasteiger partial charge on any atom is -0.462 e. The predicted molar refractivity (Wildman–Crippen MR) is 120 cm³/mol. The average molecular weight is 443 g/mol. The van der Waals surface area contributed by atoms with Gasteiger partial charge in [-0.05, 0) is 43.9 Å². The molecule has 0 spiro atoms. The first-order valence-corrected chi connectivity index (χ1v) is 11.1. The molecule has 0 aliphatic carbocycles. The van der Waals surface area contributed by atoms with Crippen LogP contribution in [0.3, 0.4) is 0 Å². The van der Waals surface area contributed by atoms with Gasteiger partial charge in [-0.2, -0.15) is 5.26 Å². The lowest BCUT2D eigenvalue weighted by Crippen LogP contribution is -2.11. The highest BCUT2D eigenvalue weighted by atomic mass is 32.1. The van der Waals surface area contributed by atoms with Crippen LogP contribution in [0.5, 0.6) is 0 Å². The number of aromatic nitrogens is 1. The molecule has 0 unspecified atom stereocenters. The van der Waals surface area contributed by atoms with E-state index in [1.165, 1.54) is 11.3 Å². The van der Waals surface area contributed by atoms with Gasteiger partial charge in [0.2, 0.25) is 0 Å². The van der Waals surface area contributed by atoms with Crippen LogP contribution in [0, 0.1) is 24.2 Å². The number of anilines is 2. The van der Waals surface area contributed by atoms with Crippen LogP contribution < -0.4 is 11.1 Å². The largest absolute Gasteiger partial charge is 0.462 e. The van der Waals surface area contributed by atoms with Gasteiger partial charge in [0.1, 0.15) is 25.7 Å². The Morgan fingerprint density at radius 3 is 2.67 bits per heavy atom. The zero-order valence-electron chi connectivity index (χ0n) is 17.2. The molecule has 7 nitrogen and oxygen atoms in total. The molecule has 9 heteroatoms. The number of hydrogen-bond donors (Lipinski definition) is 2. The van der Waals surface area contributed by atoms with E-state index in [-0.39, 0.29) is 12.2 Å². The van der Waals surface area contributed by atoms with E-state index in [1.54, 1.807) is 13.8 Å². The number of nitrogens with two attached hydrogens (primary N) is 1. The summed E-state index contributed by atoms with van der Waals surface area (Å²) in [5, 5.41) is 13.3. The van der Waals surface area contributed by atoms with E-state index >= 15 is 0 Å². The number of thiophene rings is 2. The number of nitrogens with one attached hydrogen (secondary N) is 1. The summed E-state index contributed by atoms with van der Waals surface area (Å²) in [5.41, 5.74) is 8.25. The van der Waals surface area contributed by atoms with Gasteiger partial charge in [0, 0.05) is 11.1 Å². The lowest BCUT2D eigenvalue weighted by molar-refractivity contribution is 0.0531. The molecule has 3 aromatic heterocycles. The first-order chi connectivity index (χ1) is 14.3. The Balaban J connectivity index is 1.93. The molecule has 0 fully saturated rings. The standard InChI is InChI=1S/C21H22N4O3S2/c1-5-28-21(27)16-11(4)14(9-22)20(29-16)25-18(26)17-15(23)13-7-6-12(8-10(2)3)24-19(13)30-17/h6-7,10H,5,8,23H2,1-4H3,(H,25,26). The summed E-state index contributed by atoms with van der Waals surface area (Å²) in [6.45, 7) is 7.83. The molecule has 1 amide bonds. The van der Waals surface area contributed by atoms with Gasteiger partial charge in [-0.25, -0.2) is 9.78 Å². The van der Waals surface area contributed by atoms with Gasteiger partial charge < -0.3 is 15.8 Å². The Labute approximate surface area is 182 Å². The summed E-state index contributed by atoms with van der Waals surface area (Å²) in [4.78, 5) is 31.0. The number of carbonyl (C=O) groups excluding carboxylic acids is 2. The van der Waals surface area contributed by atoms with E-state index < -0.39 is 11.9 Å². The maximum Gasteiger partial charge on any atom is 0.348 e. The van der Waals surface area contributed by atoms with Crippen molar-refractivity contribution in [2.75, 3.05) is 17.7 Å². The first kappa shape index (κ1) is 21.7. The molecule has 0 radical (unpaired) electrons. The molecule has 0 aliphatic rings. The number of nitrogens with zero attached hydrogens (tertiary/aromatic N) is 2. The summed E-state index contributed by atoms with van der Waals surface area (Å²) in [6, 6.07) is 5.86. The van der Waals surface area contributed by atoms with Gasteiger partial charge in [-0.1, -0.05) is 13.8 Å². The van der Waals surface area contributed by atoms with Gasteiger partial charge >= 0.3 is 5.97 Å². The van der Waals surface area contributed by atoms with Crippen molar-refractivity contribution in [3.8, 4) is 6.07 Å². The van der Waals surface area contributed by atoms with Crippen LogP contribution in [-0.4, -0.2) is 23.5 Å². The van der Waals surface area contributed by atoms with E-state index in [0.29, 0.717) is 36.8 Å². The molecule has 0 aliphatic heterocycles. The zero-order valence-corrected chi connectivity index (χ0v) is 18.8. The monoisotopic (exact) mass is 442 g/mol. The molecular formula is C21H22N4O3S2. The van der Waals surface area contributed by atoms with Gasteiger partial charge in [0.25, 0.3) is 5.91 Å². The molecule has 0 saturated heterocycles. The fourth-order valence-electron chi connectivity index (χ4n) is 3.02. The number of nitriles is 1. The van der Waals surface area contributed by atoms with Crippen molar-refractivity contribution in [3.05, 3.63) is 38.7 Å². The van der Waals surface area contributed by atoms with Crippen LogP contribution in [0.4, 0.5) is 10.7 Å². The van der Waals surface area contributed by atoms with Crippen LogP contribution in [0.25, 0.3) is 10.2 Å². The lowest BCUT2D eigenvalue weighted by atomic mass is 10.1. The minimum absolute atomic E-state index is 0.226. The van der Waals surface area contributed by atoms with E-state index in [1.807, 2.05) is 12.1 Å². The number of fused-ring (bicyclic) bond motifs is 1. The second kappa shape index (κ2) is 8.81. The second-order valence-electron chi connectivity index (χ2n) is 7.14. The molecule has 3 aromatic rings. The van der Waals surface area contributed by atoms with Gasteiger partial charge in [-0.15, -0.1) is 22.7 Å². The first-order valence-electron chi connectivity index (χ1n) is 9.46. The maximum absolute atomic E-state index is 12.9. The third-order valence-corrected chi connectivity index (χ3v) is 6.72. The SMILES string of the molecule is CCOC(=O)c1sc(NC(=O)c2sc3nc(CC(C)C)ccc3c2N)c(C#N)c1C. The molecule has 3 rings (SSSR count). The highest BCUT2D eigenvalue weighted by Gasteiger charge is 2.24. The van der Waals surface area contributed by atoms with Crippen molar-refractivity contribution >= 4 is 55.5 Å². The van der Waals surface area contributed by atoms with Crippen LogP contribution in [-0.2, 0) is 11.2 Å². The topological polar surface area (TPSA) is 118 Å². The number of ether oxygens (including phenoxy) is 1. The smallest absolute Gasteiger partial charge is 0.348 e. The van der Waals surface area contributed by atoms with Crippen LogP contribution in [0.1, 0.15) is 56.9 Å². The van der Waals surface area contributed by atoms with Crippen LogP contribution >= 0.6 is 22.7 Å². The lowest BCUT2D eigenvalue weighted by Gasteiger charge is -2.03. The molecule has 30 heavy (non-hydrogen) atoms. The quantitative estimate of drug-likeness (QED) is 0.532. The molecule has 3 N–H and O–H groups in total.